The zero-order valence-corrected chi connectivity index (χ0v) is 18.5. The van der Waals surface area contributed by atoms with E-state index in [9.17, 15) is 13.2 Å². The molecule has 1 amide bonds. The van der Waals surface area contributed by atoms with Crippen molar-refractivity contribution in [2.75, 3.05) is 17.9 Å². The van der Waals surface area contributed by atoms with E-state index in [0.717, 1.165) is 5.56 Å². The molecule has 0 unspecified atom stereocenters. The van der Waals surface area contributed by atoms with Gasteiger partial charge in [-0.15, -0.1) is 0 Å². The van der Waals surface area contributed by atoms with Crippen molar-refractivity contribution in [2.24, 2.45) is 0 Å². The smallest absolute Gasteiger partial charge is 0.264 e. The lowest BCUT2D eigenvalue weighted by Gasteiger charge is -2.19. The topological polar surface area (TPSA) is 66.5 Å². The lowest BCUT2D eigenvalue weighted by atomic mass is 10.1. The van der Waals surface area contributed by atoms with E-state index in [-0.39, 0.29) is 10.8 Å². The van der Waals surface area contributed by atoms with E-state index >= 15 is 0 Å². The third-order valence-electron chi connectivity index (χ3n) is 4.58. The Bertz CT molecular complexity index is 1110. The zero-order valence-electron chi connectivity index (χ0n) is 16.2. The van der Waals surface area contributed by atoms with E-state index in [2.05, 4.69) is 5.32 Å². The maximum absolute atomic E-state index is 12.8. The number of halogens is 2. The number of anilines is 1. The largest absolute Gasteiger partial charge is 0.352 e. The molecule has 0 saturated heterocycles. The molecule has 3 aromatic carbocycles. The van der Waals surface area contributed by atoms with Crippen molar-refractivity contribution >= 4 is 44.8 Å². The summed E-state index contributed by atoms with van der Waals surface area (Å²) in [5.41, 5.74) is 1.97. The van der Waals surface area contributed by atoms with E-state index in [1.807, 2.05) is 24.3 Å². The van der Waals surface area contributed by atoms with Crippen LogP contribution in [0.15, 0.2) is 77.7 Å². The van der Waals surface area contributed by atoms with Crippen LogP contribution in [-0.2, 0) is 16.4 Å². The summed E-state index contributed by atoms with van der Waals surface area (Å²) < 4.78 is 26.7. The average Bonchev–Trinajstić information content (AvgIpc) is 2.75. The van der Waals surface area contributed by atoms with Crippen LogP contribution < -0.4 is 9.62 Å². The second-order valence-corrected chi connectivity index (χ2v) is 9.45. The predicted molar refractivity (Wildman–Crippen MR) is 121 cm³/mol. The standard InChI is InChI=1S/C22H20Cl2N2O3S/c1-26(30(28,29)21-12-8-19(24)9-13-21)20-10-4-17(5-11-20)22(27)25-15-14-16-2-6-18(23)7-3-16/h2-13H,14-15H2,1H3,(H,25,27). The molecule has 0 aliphatic carbocycles. The summed E-state index contributed by atoms with van der Waals surface area (Å²) in [4.78, 5) is 12.5. The molecule has 3 rings (SSSR count). The molecule has 5 nitrogen and oxygen atoms in total. The second-order valence-electron chi connectivity index (χ2n) is 6.61. The van der Waals surface area contributed by atoms with Gasteiger partial charge in [-0.3, -0.25) is 9.10 Å². The molecule has 0 aliphatic heterocycles. The molecule has 1 N–H and O–H groups in total. The summed E-state index contributed by atoms with van der Waals surface area (Å²) in [5, 5.41) is 3.99. The third kappa shape index (κ3) is 5.33. The van der Waals surface area contributed by atoms with Gasteiger partial charge in [0, 0.05) is 29.2 Å². The van der Waals surface area contributed by atoms with Crippen molar-refractivity contribution in [1.82, 2.24) is 5.32 Å². The van der Waals surface area contributed by atoms with Crippen LogP contribution in [0.5, 0.6) is 0 Å². The van der Waals surface area contributed by atoms with Gasteiger partial charge in [0.1, 0.15) is 0 Å². The fraction of sp³-hybridized carbons (Fsp3) is 0.136. The highest BCUT2D eigenvalue weighted by molar-refractivity contribution is 7.92. The maximum Gasteiger partial charge on any atom is 0.264 e. The fourth-order valence-electron chi connectivity index (χ4n) is 2.80. The molecule has 0 saturated carbocycles. The molecule has 0 atom stereocenters. The third-order valence-corrected chi connectivity index (χ3v) is 6.88. The molecule has 0 spiro atoms. The Balaban J connectivity index is 1.62. The number of nitrogens with one attached hydrogen (secondary N) is 1. The minimum Gasteiger partial charge on any atom is -0.352 e. The van der Waals surface area contributed by atoms with Crippen LogP contribution in [0, 0.1) is 0 Å². The number of benzene rings is 3. The van der Waals surface area contributed by atoms with Crippen LogP contribution in [0.2, 0.25) is 10.0 Å². The molecule has 0 aromatic heterocycles. The molecule has 0 radical (unpaired) electrons. The van der Waals surface area contributed by atoms with Gasteiger partial charge in [-0.1, -0.05) is 35.3 Å². The van der Waals surface area contributed by atoms with Crippen LogP contribution in [0.3, 0.4) is 0 Å². The van der Waals surface area contributed by atoms with Crippen molar-refractivity contribution in [1.29, 1.82) is 0 Å². The van der Waals surface area contributed by atoms with Gasteiger partial charge in [-0.2, -0.15) is 0 Å². The first kappa shape index (κ1) is 22.2. The lowest BCUT2D eigenvalue weighted by molar-refractivity contribution is 0.0954. The maximum atomic E-state index is 12.8. The van der Waals surface area contributed by atoms with Gasteiger partial charge in [-0.25, -0.2) is 8.42 Å². The van der Waals surface area contributed by atoms with E-state index < -0.39 is 10.0 Å². The van der Waals surface area contributed by atoms with Gasteiger partial charge < -0.3 is 5.32 Å². The highest BCUT2D eigenvalue weighted by Crippen LogP contribution is 2.23. The highest BCUT2D eigenvalue weighted by Gasteiger charge is 2.21. The molecule has 0 heterocycles. The Kier molecular flexibility index (Phi) is 7.02. The first-order chi connectivity index (χ1) is 14.3. The van der Waals surface area contributed by atoms with Crippen molar-refractivity contribution in [3.05, 3.63) is 94.0 Å². The minimum absolute atomic E-state index is 0.137. The first-order valence-corrected chi connectivity index (χ1v) is 11.3. The summed E-state index contributed by atoms with van der Waals surface area (Å²) in [6.07, 6.45) is 0.684. The van der Waals surface area contributed by atoms with Gasteiger partial charge in [0.15, 0.2) is 0 Å². The Morgan fingerprint density at radius 3 is 1.97 bits per heavy atom. The molecular formula is C22H20Cl2N2O3S. The molecule has 156 valence electrons. The first-order valence-electron chi connectivity index (χ1n) is 9.14. The molecule has 0 fully saturated rings. The highest BCUT2D eigenvalue weighted by atomic mass is 35.5. The van der Waals surface area contributed by atoms with Crippen molar-refractivity contribution < 1.29 is 13.2 Å². The van der Waals surface area contributed by atoms with Crippen LogP contribution >= 0.6 is 23.2 Å². The number of rotatable bonds is 7. The van der Waals surface area contributed by atoms with E-state index in [1.165, 1.54) is 35.6 Å². The number of amides is 1. The van der Waals surface area contributed by atoms with Gasteiger partial charge in [-0.05, 0) is 72.6 Å². The van der Waals surface area contributed by atoms with Crippen LogP contribution in [-0.4, -0.2) is 27.9 Å². The summed E-state index contributed by atoms with van der Waals surface area (Å²) in [6.45, 7) is 0.479. The molecule has 0 bridgehead atoms. The van der Waals surface area contributed by atoms with Crippen LogP contribution in [0.25, 0.3) is 0 Å². The van der Waals surface area contributed by atoms with E-state index in [4.69, 9.17) is 23.2 Å². The molecule has 8 heteroatoms. The molecular weight excluding hydrogens is 443 g/mol. The van der Waals surface area contributed by atoms with Gasteiger partial charge >= 0.3 is 0 Å². The lowest BCUT2D eigenvalue weighted by Crippen LogP contribution is -2.27. The van der Waals surface area contributed by atoms with Crippen molar-refractivity contribution in [3.8, 4) is 0 Å². The summed E-state index contributed by atoms with van der Waals surface area (Å²) in [5.74, 6) is -0.223. The number of hydrogen-bond donors (Lipinski definition) is 1. The molecule has 30 heavy (non-hydrogen) atoms. The number of nitrogens with zero attached hydrogens (tertiary/aromatic N) is 1. The fourth-order valence-corrected chi connectivity index (χ4v) is 4.25. The Hall–Kier alpha value is -2.54. The Morgan fingerprint density at radius 1 is 0.867 bits per heavy atom. The zero-order chi connectivity index (χ0) is 21.7. The minimum atomic E-state index is -3.73. The van der Waals surface area contributed by atoms with Gasteiger partial charge in [0.25, 0.3) is 15.9 Å². The summed E-state index contributed by atoms with van der Waals surface area (Å²) >= 11 is 11.7. The number of hydrogen-bond acceptors (Lipinski definition) is 3. The molecule has 0 aliphatic rings. The predicted octanol–water partition coefficient (Wildman–Crippen LogP) is 4.79. The number of sulfonamides is 1. The Morgan fingerprint density at radius 2 is 1.40 bits per heavy atom. The molecule has 3 aromatic rings. The number of carbonyl (C=O) groups excluding carboxylic acids is 1. The van der Waals surface area contributed by atoms with E-state index in [1.54, 1.807) is 24.3 Å². The van der Waals surface area contributed by atoms with Gasteiger partial charge in [0.05, 0.1) is 10.6 Å². The normalized spacial score (nSPS) is 11.2. The Labute approximate surface area is 186 Å². The van der Waals surface area contributed by atoms with Crippen molar-refractivity contribution in [3.63, 3.8) is 0 Å². The van der Waals surface area contributed by atoms with Crippen molar-refractivity contribution in [2.45, 2.75) is 11.3 Å². The van der Waals surface area contributed by atoms with Crippen LogP contribution in [0.4, 0.5) is 5.69 Å². The van der Waals surface area contributed by atoms with Crippen LogP contribution in [0.1, 0.15) is 15.9 Å². The summed E-state index contributed by atoms with van der Waals surface area (Å²) in [6, 6.07) is 19.8. The monoisotopic (exact) mass is 462 g/mol. The second kappa shape index (κ2) is 9.51. The van der Waals surface area contributed by atoms with E-state index in [0.29, 0.717) is 34.3 Å². The van der Waals surface area contributed by atoms with Gasteiger partial charge in [0.2, 0.25) is 0 Å². The summed E-state index contributed by atoms with van der Waals surface area (Å²) in [7, 11) is -2.26. The average molecular weight is 463 g/mol. The number of carbonyl (C=O) groups is 1. The SMILES string of the molecule is CN(c1ccc(C(=O)NCCc2ccc(Cl)cc2)cc1)S(=O)(=O)c1ccc(Cl)cc1. The quantitative estimate of drug-likeness (QED) is 0.548.